The van der Waals surface area contributed by atoms with Crippen molar-refractivity contribution in [3.05, 3.63) is 65.0 Å². The van der Waals surface area contributed by atoms with Gasteiger partial charge in [-0.2, -0.15) is 0 Å². The zero-order valence-corrected chi connectivity index (χ0v) is 12.6. The maximum atomic E-state index is 5.74. The summed E-state index contributed by atoms with van der Waals surface area (Å²) in [5.41, 5.74) is 11.6. The quantitative estimate of drug-likeness (QED) is 0.738. The van der Waals surface area contributed by atoms with E-state index in [0.29, 0.717) is 0 Å². The number of anilines is 1. The van der Waals surface area contributed by atoms with Crippen LogP contribution in [-0.2, 0) is 19.4 Å². The average molecular weight is 290 g/mol. The average Bonchev–Trinajstić information content (AvgIpc) is 2.93. The third kappa shape index (κ3) is 2.17. The van der Waals surface area contributed by atoms with Gasteiger partial charge in [-0.15, -0.1) is 10.2 Å². The third-order valence-electron chi connectivity index (χ3n) is 4.28. The van der Waals surface area contributed by atoms with Crippen LogP contribution in [0.2, 0.25) is 0 Å². The van der Waals surface area contributed by atoms with Crippen LogP contribution in [-0.4, -0.2) is 14.8 Å². The number of aromatic nitrogens is 3. The summed E-state index contributed by atoms with van der Waals surface area (Å²) in [7, 11) is 0. The van der Waals surface area contributed by atoms with Crippen molar-refractivity contribution in [2.24, 2.45) is 0 Å². The molecule has 2 aromatic carbocycles. The Bertz CT molecular complexity index is 831. The number of aryl methyl sites for hydroxylation is 2. The predicted octanol–water partition coefficient (Wildman–Crippen LogP) is 2.98. The zero-order chi connectivity index (χ0) is 15.1. The largest absolute Gasteiger partial charge is 0.399 e. The summed E-state index contributed by atoms with van der Waals surface area (Å²) in [5, 5.41) is 8.87. The Morgan fingerprint density at radius 3 is 2.73 bits per heavy atom. The molecule has 1 aromatic heterocycles. The van der Waals surface area contributed by atoms with Crippen molar-refractivity contribution in [2.45, 2.75) is 26.3 Å². The minimum atomic E-state index is 0.786. The van der Waals surface area contributed by atoms with Gasteiger partial charge in [-0.05, 0) is 42.7 Å². The molecule has 0 spiro atoms. The molecule has 0 radical (unpaired) electrons. The minimum absolute atomic E-state index is 0.786. The van der Waals surface area contributed by atoms with Gasteiger partial charge in [0.05, 0.1) is 0 Å². The molecule has 0 aliphatic carbocycles. The molecule has 0 bridgehead atoms. The monoisotopic (exact) mass is 290 g/mol. The van der Waals surface area contributed by atoms with Crippen molar-refractivity contribution in [2.75, 3.05) is 5.73 Å². The molecule has 0 fully saturated rings. The Labute approximate surface area is 129 Å². The molecular weight excluding hydrogens is 272 g/mol. The van der Waals surface area contributed by atoms with Gasteiger partial charge >= 0.3 is 0 Å². The van der Waals surface area contributed by atoms with Gasteiger partial charge in [-0.1, -0.05) is 29.8 Å². The highest BCUT2D eigenvalue weighted by Gasteiger charge is 2.21. The van der Waals surface area contributed by atoms with Crippen LogP contribution in [0.1, 0.15) is 22.5 Å². The lowest BCUT2D eigenvalue weighted by atomic mass is 9.98. The number of benzene rings is 2. The highest BCUT2D eigenvalue weighted by atomic mass is 15.3. The number of hydrogen-bond acceptors (Lipinski definition) is 3. The molecule has 0 atom stereocenters. The van der Waals surface area contributed by atoms with Crippen LogP contribution in [0.25, 0.3) is 11.4 Å². The molecule has 2 N–H and O–H groups in total. The summed E-state index contributed by atoms with van der Waals surface area (Å²) in [6.07, 6.45) is 1.82. The first kappa shape index (κ1) is 13.1. The summed E-state index contributed by atoms with van der Waals surface area (Å²) < 4.78 is 2.25. The molecule has 1 aliphatic rings. The second-order valence-corrected chi connectivity index (χ2v) is 5.92. The first-order valence-corrected chi connectivity index (χ1v) is 7.57. The third-order valence-corrected chi connectivity index (χ3v) is 4.28. The van der Waals surface area contributed by atoms with Gasteiger partial charge in [-0.25, -0.2) is 0 Å². The van der Waals surface area contributed by atoms with Crippen LogP contribution in [0.5, 0.6) is 0 Å². The fourth-order valence-corrected chi connectivity index (χ4v) is 3.07. The Hall–Kier alpha value is -2.62. The second-order valence-electron chi connectivity index (χ2n) is 5.92. The maximum Gasteiger partial charge on any atom is 0.164 e. The smallest absolute Gasteiger partial charge is 0.164 e. The maximum absolute atomic E-state index is 5.74. The molecular formula is C18H18N4. The molecule has 22 heavy (non-hydrogen) atoms. The van der Waals surface area contributed by atoms with E-state index >= 15 is 0 Å². The Kier molecular flexibility index (Phi) is 2.96. The van der Waals surface area contributed by atoms with E-state index in [-0.39, 0.29) is 0 Å². The Morgan fingerprint density at radius 1 is 1.09 bits per heavy atom. The van der Waals surface area contributed by atoms with Gasteiger partial charge < -0.3 is 10.3 Å². The number of nitrogens with two attached hydrogens (primary N) is 1. The van der Waals surface area contributed by atoms with Gasteiger partial charge in [0.2, 0.25) is 0 Å². The van der Waals surface area contributed by atoms with Gasteiger partial charge in [0.15, 0.2) is 5.82 Å². The van der Waals surface area contributed by atoms with E-state index in [1.807, 2.05) is 12.1 Å². The lowest BCUT2D eigenvalue weighted by Crippen LogP contribution is -2.14. The lowest BCUT2D eigenvalue weighted by molar-refractivity contribution is 0.651. The summed E-state index contributed by atoms with van der Waals surface area (Å²) in [6, 6.07) is 14.6. The van der Waals surface area contributed by atoms with Crippen molar-refractivity contribution in [3.63, 3.8) is 0 Å². The number of rotatable bonds is 2. The fourth-order valence-electron chi connectivity index (χ4n) is 3.07. The van der Waals surface area contributed by atoms with Gasteiger partial charge in [0.25, 0.3) is 0 Å². The van der Waals surface area contributed by atoms with Crippen molar-refractivity contribution in [1.29, 1.82) is 0 Å². The minimum Gasteiger partial charge on any atom is -0.399 e. The molecule has 4 heteroatoms. The summed E-state index contributed by atoms with van der Waals surface area (Å²) in [4.78, 5) is 0. The van der Waals surface area contributed by atoms with E-state index in [4.69, 9.17) is 5.73 Å². The Morgan fingerprint density at radius 2 is 1.91 bits per heavy atom. The normalized spacial score (nSPS) is 12.8. The van der Waals surface area contributed by atoms with Crippen LogP contribution in [0.3, 0.4) is 0 Å². The molecule has 110 valence electrons. The van der Waals surface area contributed by atoms with Crippen LogP contribution in [0, 0.1) is 6.92 Å². The van der Waals surface area contributed by atoms with Crippen LogP contribution in [0.4, 0.5) is 5.69 Å². The zero-order valence-electron chi connectivity index (χ0n) is 12.6. The van der Waals surface area contributed by atoms with Crippen molar-refractivity contribution in [3.8, 4) is 11.4 Å². The van der Waals surface area contributed by atoms with Gasteiger partial charge in [0.1, 0.15) is 5.82 Å². The SMILES string of the molecule is Cc1ccc2c(c1)-c1nnc(Cc3ccc(N)cc3)n1CC2. The summed E-state index contributed by atoms with van der Waals surface area (Å²) in [5.74, 6) is 2.02. The summed E-state index contributed by atoms with van der Waals surface area (Å²) in [6.45, 7) is 3.06. The second kappa shape index (κ2) is 4.98. The molecule has 4 rings (SSSR count). The molecule has 0 saturated carbocycles. The molecule has 2 heterocycles. The van der Waals surface area contributed by atoms with Crippen molar-refractivity contribution in [1.82, 2.24) is 14.8 Å². The van der Waals surface area contributed by atoms with E-state index in [2.05, 4.69) is 52.0 Å². The number of nitrogen functional groups attached to an aromatic ring is 1. The van der Waals surface area contributed by atoms with Crippen LogP contribution >= 0.6 is 0 Å². The van der Waals surface area contributed by atoms with E-state index < -0.39 is 0 Å². The van der Waals surface area contributed by atoms with Gasteiger partial charge in [0, 0.05) is 24.2 Å². The molecule has 1 aliphatic heterocycles. The molecule has 3 aromatic rings. The van der Waals surface area contributed by atoms with E-state index in [1.54, 1.807) is 0 Å². The van der Waals surface area contributed by atoms with Crippen molar-refractivity contribution < 1.29 is 0 Å². The number of fused-ring (bicyclic) bond motifs is 3. The predicted molar refractivity (Wildman–Crippen MR) is 87.6 cm³/mol. The number of nitrogens with zero attached hydrogens (tertiary/aromatic N) is 3. The first-order valence-electron chi connectivity index (χ1n) is 7.57. The van der Waals surface area contributed by atoms with Crippen LogP contribution in [0.15, 0.2) is 42.5 Å². The highest BCUT2D eigenvalue weighted by molar-refractivity contribution is 5.63. The molecule has 4 nitrogen and oxygen atoms in total. The van der Waals surface area contributed by atoms with Gasteiger partial charge in [-0.3, -0.25) is 0 Å². The van der Waals surface area contributed by atoms with Crippen LogP contribution < -0.4 is 5.73 Å². The van der Waals surface area contributed by atoms with E-state index in [0.717, 1.165) is 36.7 Å². The fraction of sp³-hybridized carbons (Fsp3) is 0.222. The van der Waals surface area contributed by atoms with E-state index in [1.165, 1.54) is 22.3 Å². The highest BCUT2D eigenvalue weighted by Crippen LogP contribution is 2.29. The number of hydrogen-bond donors (Lipinski definition) is 1. The Balaban J connectivity index is 1.72. The molecule has 0 saturated heterocycles. The lowest BCUT2D eigenvalue weighted by Gasteiger charge is -2.19. The van der Waals surface area contributed by atoms with Crippen molar-refractivity contribution >= 4 is 5.69 Å². The van der Waals surface area contributed by atoms with E-state index in [9.17, 15) is 0 Å². The molecule has 0 unspecified atom stereocenters. The standard InChI is InChI=1S/C18H18N4/c1-12-2-5-14-8-9-22-17(20-21-18(22)16(14)10-12)11-13-3-6-15(19)7-4-13/h2-7,10H,8-9,11,19H2,1H3. The first-order chi connectivity index (χ1) is 10.7. The molecule has 0 amide bonds. The topological polar surface area (TPSA) is 56.7 Å². The summed E-state index contributed by atoms with van der Waals surface area (Å²) >= 11 is 0.